The largest absolute Gasteiger partial charge is 0.397 e. The third-order valence-electron chi connectivity index (χ3n) is 3.11. The number of benzene rings is 1. The summed E-state index contributed by atoms with van der Waals surface area (Å²) >= 11 is 0. The Morgan fingerprint density at radius 2 is 1.47 bits per heavy atom. The van der Waals surface area contributed by atoms with Gasteiger partial charge < -0.3 is 8.85 Å². The zero-order valence-electron chi connectivity index (χ0n) is 12.4. The molecule has 2 nitrogen and oxygen atoms in total. The molecule has 0 fully saturated rings. The Morgan fingerprint density at radius 1 is 0.895 bits per heavy atom. The Kier molecular flexibility index (Phi) is 9.68. The van der Waals surface area contributed by atoms with Crippen LogP contribution in [0.15, 0.2) is 30.3 Å². The number of hydrogen-bond acceptors (Lipinski definition) is 2. The predicted molar refractivity (Wildman–Crippen MR) is 83.8 cm³/mol. The maximum atomic E-state index is 5.97. The second kappa shape index (κ2) is 11.2. The second-order valence-corrected chi connectivity index (χ2v) is 7.01. The van der Waals surface area contributed by atoms with E-state index < -0.39 is 9.28 Å². The predicted octanol–water partition coefficient (Wildman–Crippen LogP) is 4.08. The number of rotatable bonds is 11. The van der Waals surface area contributed by atoms with Crippen molar-refractivity contribution in [3.05, 3.63) is 35.9 Å². The Labute approximate surface area is 120 Å². The molecule has 0 amide bonds. The van der Waals surface area contributed by atoms with Gasteiger partial charge in [0.05, 0.1) is 0 Å². The van der Waals surface area contributed by atoms with Crippen molar-refractivity contribution >= 4 is 9.28 Å². The van der Waals surface area contributed by atoms with Crippen LogP contribution in [0.25, 0.3) is 0 Å². The van der Waals surface area contributed by atoms with E-state index in [4.69, 9.17) is 8.85 Å². The van der Waals surface area contributed by atoms with Gasteiger partial charge in [0.25, 0.3) is 0 Å². The molecule has 19 heavy (non-hydrogen) atoms. The zero-order chi connectivity index (χ0) is 13.8. The highest BCUT2D eigenvalue weighted by Crippen LogP contribution is 2.08. The normalized spacial score (nSPS) is 11.1. The molecule has 0 aliphatic carbocycles. The van der Waals surface area contributed by atoms with Gasteiger partial charge in [-0.25, -0.2) is 0 Å². The number of hydrogen-bond donors (Lipinski definition) is 0. The molecule has 0 bridgehead atoms. The van der Waals surface area contributed by atoms with E-state index in [2.05, 4.69) is 44.2 Å². The molecule has 1 aromatic carbocycles. The molecule has 0 heterocycles. The van der Waals surface area contributed by atoms with Gasteiger partial charge in [-0.15, -0.1) is 0 Å². The van der Waals surface area contributed by atoms with Crippen molar-refractivity contribution in [2.75, 3.05) is 13.2 Å². The maximum absolute atomic E-state index is 5.97. The molecule has 0 N–H and O–H groups in total. The lowest BCUT2D eigenvalue weighted by molar-refractivity contribution is 0.191. The van der Waals surface area contributed by atoms with E-state index in [1.54, 1.807) is 0 Å². The second-order valence-electron chi connectivity index (χ2n) is 4.90. The molecule has 1 aromatic rings. The van der Waals surface area contributed by atoms with E-state index in [1.807, 2.05) is 0 Å². The van der Waals surface area contributed by atoms with Gasteiger partial charge >= 0.3 is 9.28 Å². The molecule has 0 saturated heterocycles. The van der Waals surface area contributed by atoms with E-state index in [9.17, 15) is 0 Å². The Hall–Kier alpha value is -0.643. The summed E-state index contributed by atoms with van der Waals surface area (Å²) in [4.78, 5) is 0. The molecule has 1 rings (SSSR count). The molecule has 0 aliphatic heterocycles. The van der Waals surface area contributed by atoms with E-state index in [1.165, 1.54) is 18.4 Å². The first-order chi connectivity index (χ1) is 9.36. The van der Waals surface area contributed by atoms with E-state index in [0.717, 1.165) is 38.5 Å². The van der Waals surface area contributed by atoms with Gasteiger partial charge in [0.1, 0.15) is 0 Å². The highest BCUT2D eigenvalue weighted by atomic mass is 28.3. The maximum Gasteiger partial charge on any atom is 0.321 e. The highest BCUT2D eigenvalue weighted by molar-refractivity contribution is 6.44. The fourth-order valence-electron chi connectivity index (χ4n) is 1.86. The van der Waals surface area contributed by atoms with Crippen LogP contribution in [-0.4, -0.2) is 22.5 Å². The van der Waals surface area contributed by atoms with Gasteiger partial charge in [-0.3, -0.25) is 0 Å². The van der Waals surface area contributed by atoms with Gasteiger partial charge in [-0.05, 0) is 30.9 Å². The third kappa shape index (κ3) is 8.19. The molecule has 0 saturated carbocycles. The summed E-state index contributed by atoms with van der Waals surface area (Å²) in [6.45, 7) is 6.13. The summed E-state index contributed by atoms with van der Waals surface area (Å²) in [5.41, 5.74) is 1.39. The summed E-state index contributed by atoms with van der Waals surface area (Å²) in [5.74, 6) is 0. The van der Waals surface area contributed by atoms with Gasteiger partial charge in [-0.1, -0.05) is 57.0 Å². The van der Waals surface area contributed by atoms with Crippen LogP contribution >= 0.6 is 0 Å². The molecule has 0 spiro atoms. The quantitative estimate of drug-likeness (QED) is 0.449. The summed E-state index contributed by atoms with van der Waals surface area (Å²) in [6.07, 6.45) is 5.75. The Morgan fingerprint density at radius 3 is 2.00 bits per heavy atom. The summed E-state index contributed by atoms with van der Waals surface area (Å²) in [5, 5.41) is 0. The van der Waals surface area contributed by atoms with Crippen LogP contribution in [0.5, 0.6) is 0 Å². The fourth-order valence-corrected chi connectivity index (χ4v) is 3.72. The van der Waals surface area contributed by atoms with Crippen molar-refractivity contribution in [1.82, 2.24) is 0 Å². The number of unbranched alkanes of at least 4 members (excludes halogenated alkanes) is 2. The molecular formula is C16H28O2Si. The molecule has 0 atom stereocenters. The van der Waals surface area contributed by atoms with Crippen LogP contribution in [0.4, 0.5) is 0 Å². The number of aryl methyl sites for hydroxylation is 1. The lowest BCUT2D eigenvalue weighted by atomic mass is 10.2. The SMILES string of the molecule is CCCCO[SiH](CCc1ccccc1)OCCCC. The topological polar surface area (TPSA) is 18.5 Å². The molecule has 108 valence electrons. The third-order valence-corrected chi connectivity index (χ3v) is 5.09. The van der Waals surface area contributed by atoms with Crippen molar-refractivity contribution in [2.24, 2.45) is 0 Å². The van der Waals surface area contributed by atoms with Crippen molar-refractivity contribution in [1.29, 1.82) is 0 Å². The summed E-state index contributed by atoms with van der Waals surface area (Å²) < 4.78 is 11.9. The first kappa shape index (κ1) is 16.4. The average molecular weight is 280 g/mol. The van der Waals surface area contributed by atoms with Crippen LogP contribution in [0, 0.1) is 0 Å². The van der Waals surface area contributed by atoms with Gasteiger partial charge in [-0.2, -0.15) is 0 Å². The van der Waals surface area contributed by atoms with Gasteiger partial charge in [0.2, 0.25) is 0 Å². The highest BCUT2D eigenvalue weighted by Gasteiger charge is 2.13. The van der Waals surface area contributed by atoms with Crippen LogP contribution in [-0.2, 0) is 15.3 Å². The minimum absolute atomic E-state index is 0.869. The lowest BCUT2D eigenvalue weighted by Gasteiger charge is -2.16. The molecular weight excluding hydrogens is 252 g/mol. The molecule has 3 heteroatoms. The molecule has 0 radical (unpaired) electrons. The van der Waals surface area contributed by atoms with Crippen molar-refractivity contribution in [3.8, 4) is 0 Å². The van der Waals surface area contributed by atoms with E-state index in [0.29, 0.717) is 0 Å². The standard InChI is InChI=1S/C16H28O2Si/c1-3-5-13-17-19(18-14-6-4-2)15-12-16-10-8-7-9-11-16/h7-11,19H,3-6,12-15H2,1-2H3. The lowest BCUT2D eigenvalue weighted by Crippen LogP contribution is -2.24. The minimum Gasteiger partial charge on any atom is -0.397 e. The molecule has 0 aliphatic rings. The molecule has 0 unspecified atom stereocenters. The van der Waals surface area contributed by atoms with Crippen LogP contribution in [0.2, 0.25) is 6.04 Å². The smallest absolute Gasteiger partial charge is 0.321 e. The zero-order valence-corrected chi connectivity index (χ0v) is 13.6. The van der Waals surface area contributed by atoms with E-state index >= 15 is 0 Å². The van der Waals surface area contributed by atoms with Crippen molar-refractivity contribution < 1.29 is 8.85 Å². The van der Waals surface area contributed by atoms with Crippen molar-refractivity contribution in [2.45, 2.75) is 52.0 Å². The average Bonchev–Trinajstić information content (AvgIpc) is 2.45. The van der Waals surface area contributed by atoms with Gasteiger partial charge in [0, 0.05) is 13.2 Å². The summed E-state index contributed by atoms with van der Waals surface area (Å²) in [6, 6.07) is 11.7. The fraction of sp³-hybridized carbons (Fsp3) is 0.625. The minimum atomic E-state index is -1.47. The first-order valence-corrected chi connectivity index (χ1v) is 9.39. The Balaban J connectivity index is 2.30. The first-order valence-electron chi connectivity index (χ1n) is 7.64. The van der Waals surface area contributed by atoms with E-state index in [-0.39, 0.29) is 0 Å². The van der Waals surface area contributed by atoms with Crippen molar-refractivity contribution in [3.63, 3.8) is 0 Å². The van der Waals surface area contributed by atoms with Crippen LogP contribution in [0.1, 0.15) is 45.1 Å². The van der Waals surface area contributed by atoms with Crippen LogP contribution in [0.3, 0.4) is 0 Å². The monoisotopic (exact) mass is 280 g/mol. The van der Waals surface area contributed by atoms with Gasteiger partial charge in [0.15, 0.2) is 0 Å². The molecule has 0 aromatic heterocycles. The summed E-state index contributed by atoms with van der Waals surface area (Å²) in [7, 11) is -1.47. The van der Waals surface area contributed by atoms with Crippen LogP contribution < -0.4 is 0 Å². The Bertz CT molecular complexity index is 293.